The molecule has 0 amide bonds. The highest BCUT2D eigenvalue weighted by Crippen LogP contribution is 2.39. The molecule has 4 heteroatoms. The van der Waals surface area contributed by atoms with Gasteiger partial charge in [0.2, 0.25) is 0 Å². The van der Waals surface area contributed by atoms with E-state index in [-0.39, 0.29) is 0 Å². The summed E-state index contributed by atoms with van der Waals surface area (Å²) in [6.45, 7) is 0. The van der Waals surface area contributed by atoms with E-state index in [2.05, 4.69) is 60.7 Å². The van der Waals surface area contributed by atoms with Gasteiger partial charge in [0, 0.05) is 27.5 Å². The molecule has 8 aromatic rings. The minimum absolute atomic E-state index is 0.616. The zero-order valence-electron chi connectivity index (χ0n) is 22.0. The van der Waals surface area contributed by atoms with Crippen LogP contribution in [0.15, 0.2) is 144 Å². The molecule has 41 heavy (non-hydrogen) atoms. The summed E-state index contributed by atoms with van der Waals surface area (Å²) in [5.41, 5.74) is 6.82. The highest BCUT2D eigenvalue weighted by atomic mass is 16.3. The topological polar surface area (TPSA) is 51.8 Å². The number of fused-ring (bicyclic) bond motifs is 4. The van der Waals surface area contributed by atoms with Crippen molar-refractivity contribution >= 4 is 32.7 Å². The van der Waals surface area contributed by atoms with Crippen molar-refractivity contribution in [3.63, 3.8) is 0 Å². The third kappa shape index (κ3) is 4.14. The molecule has 0 bridgehead atoms. The van der Waals surface area contributed by atoms with E-state index in [1.54, 1.807) is 0 Å². The summed E-state index contributed by atoms with van der Waals surface area (Å²) in [4.78, 5) is 14.8. The fourth-order valence-electron chi connectivity index (χ4n) is 5.49. The number of furan rings is 1. The Bertz CT molecular complexity index is 2130. The molecule has 0 saturated carbocycles. The number of hydrogen-bond donors (Lipinski definition) is 0. The Morgan fingerprint density at radius 3 is 1.66 bits per heavy atom. The van der Waals surface area contributed by atoms with Gasteiger partial charge in [0.05, 0.1) is 0 Å². The third-order valence-corrected chi connectivity index (χ3v) is 7.50. The average molecular weight is 526 g/mol. The summed E-state index contributed by atoms with van der Waals surface area (Å²) in [5, 5.41) is 4.33. The summed E-state index contributed by atoms with van der Waals surface area (Å²) in [6, 6.07) is 47.5. The van der Waals surface area contributed by atoms with E-state index in [4.69, 9.17) is 19.4 Å². The number of aromatic nitrogens is 3. The monoisotopic (exact) mass is 525 g/mol. The van der Waals surface area contributed by atoms with E-state index in [1.165, 1.54) is 11.1 Å². The van der Waals surface area contributed by atoms with E-state index in [9.17, 15) is 0 Å². The van der Waals surface area contributed by atoms with E-state index < -0.39 is 0 Å². The maximum Gasteiger partial charge on any atom is 0.164 e. The molecule has 6 aromatic carbocycles. The molecule has 0 atom stereocenters. The van der Waals surface area contributed by atoms with E-state index >= 15 is 0 Å². The molecule has 2 aromatic heterocycles. The maximum atomic E-state index is 6.43. The van der Waals surface area contributed by atoms with Gasteiger partial charge >= 0.3 is 0 Å². The van der Waals surface area contributed by atoms with Crippen molar-refractivity contribution in [2.24, 2.45) is 0 Å². The van der Waals surface area contributed by atoms with Crippen LogP contribution in [-0.2, 0) is 0 Å². The second kappa shape index (κ2) is 9.54. The Kier molecular flexibility index (Phi) is 5.42. The largest absolute Gasteiger partial charge is 0.456 e. The van der Waals surface area contributed by atoms with Crippen LogP contribution in [0.2, 0.25) is 0 Å². The van der Waals surface area contributed by atoms with Gasteiger partial charge in [-0.1, -0.05) is 115 Å². The summed E-state index contributed by atoms with van der Waals surface area (Å²) in [5.74, 6) is 1.89. The quantitative estimate of drug-likeness (QED) is 0.230. The van der Waals surface area contributed by atoms with Crippen LogP contribution < -0.4 is 0 Å². The molecule has 192 valence electrons. The Hall–Kier alpha value is -5.61. The summed E-state index contributed by atoms with van der Waals surface area (Å²) < 4.78 is 6.43. The number of benzene rings is 6. The summed E-state index contributed by atoms with van der Waals surface area (Å²) in [7, 11) is 0. The number of nitrogens with zero attached hydrogens (tertiary/aromatic N) is 3. The van der Waals surface area contributed by atoms with Crippen LogP contribution in [0, 0.1) is 0 Å². The molecule has 8 rings (SSSR count). The normalized spacial score (nSPS) is 11.4. The van der Waals surface area contributed by atoms with E-state index in [1.807, 2.05) is 78.9 Å². The van der Waals surface area contributed by atoms with Gasteiger partial charge in [0.15, 0.2) is 17.5 Å². The molecule has 0 N–H and O–H groups in total. The second-order valence-corrected chi connectivity index (χ2v) is 10.1. The Balaban J connectivity index is 1.35. The zero-order chi connectivity index (χ0) is 27.2. The molecular formula is C37H23N3O. The molecular weight excluding hydrogens is 502 g/mol. The van der Waals surface area contributed by atoms with Crippen LogP contribution in [0.25, 0.3) is 78.0 Å². The van der Waals surface area contributed by atoms with Crippen molar-refractivity contribution in [2.75, 3.05) is 0 Å². The molecule has 0 aliphatic heterocycles. The fourth-order valence-corrected chi connectivity index (χ4v) is 5.49. The summed E-state index contributed by atoms with van der Waals surface area (Å²) >= 11 is 0. The molecule has 2 heterocycles. The minimum atomic E-state index is 0.616. The third-order valence-electron chi connectivity index (χ3n) is 7.50. The van der Waals surface area contributed by atoms with Gasteiger partial charge in [-0.15, -0.1) is 0 Å². The van der Waals surface area contributed by atoms with Gasteiger partial charge in [-0.2, -0.15) is 0 Å². The van der Waals surface area contributed by atoms with Crippen molar-refractivity contribution in [1.82, 2.24) is 15.0 Å². The lowest BCUT2D eigenvalue weighted by Crippen LogP contribution is -2.00. The van der Waals surface area contributed by atoms with Gasteiger partial charge in [-0.3, -0.25) is 0 Å². The first-order valence-corrected chi connectivity index (χ1v) is 13.6. The lowest BCUT2D eigenvalue weighted by atomic mass is 9.99. The highest BCUT2D eigenvalue weighted by molar-refractivity contribution is 6.15. The van der Waals surface area contributed by atoms with E-state index in [0.29, 0.717) is 17.5 Å². The molecule has 0 spiro atoms. The Morgan fingerprint density at radius 2 is 1.00 bits per heavy atom. The second-order valence-electron chi connectivity index (χ2n) is 10.1. The van der Waals surface area contributed by atoms with Gasteiger partial charge in [0.1, 0.15) is 11.2 Å². The smallest absolute Gasteiger partial charge is 0.164 e. The van der Waals surface area contributed by atoms with Crippen LogP contribution in [0.1, 0.15) is 0 Å². The SMILES string of the molecule is c1ccc(-c2ccc3cc4c(cc3c2)oc2cccc(-c3nc(-c5ccccc5)nc(-c5ccccc5)n3)c24)cc1. The first-order chi connectivity index (χ1) is 20.3. The fraction of sp³-hybridized carbons (Fsp3) is 0. The standard InChI is InChI=1S/C37H23N3O/c1-4-11-24(12-5-1)27-19-20-28-22-31-33(23-29(28)21-27)41-32-18-10-17-30(34(31)32)37-39-35(25-13-6-2-7-14-25)38-36(40-37)26-15-8-3-9-16-26/h1-23H. The first kappa shape index (κ1) is 23.3. The van der Waals surface area contributed by atoms with Gasteiger partial charge in [-0.25, -0.2) is 15.0 Å². The molecule has 0 radical (unpaired) electrons. The number of rotatable bonds is 4. The lowest BCUT2D eigenvalue weighted by molar-refractivity contribution is 0.669. The van der Waals surface area contributed by atoms with Crippen LogP contribution in [-0.4, -0.2) is 15.0 Å². The van der Waals surface area contributed by atoms with Crippen molar-refractivity contribution in [1.29, 1.82) is 0 Å². The van der Waals surface area contributed by atoms with Gasteiger partial charge in [0.25, 0.3) is 0 Å². The van der Waals surface area contributed by atoms with Gasteiger partial charge in [-0.05, 0) is 46.2 Å². The predicted molar refractivity (Wildman–Crippen MR) is 166 cm³/mol. The van der Waals surface area contributed by atoms with Crippen LogP contribution in [0.3, 0.4) is 0 Å². The van der Waals surface area contributed by atoms with Crippen LogP contribution in [0.4, 0.5) is 0 Å². The molecule has 0 saturated heterocycles. The number of hydrogen-bond acceptors (Lipinski definition) is 4. The van der Waals surface area contributed by atoms with Crippen molar-refractivity contribution in [3.8, 4) is 45.3 Å². The lowest BCUT2D eigenvalue weighted by Gasteiger charge is -2.09. The van der Waals surface area contributed by atoms with Crippen molar-refractivity contribution < 1.29 is 4.42 Å². The molecule has 4 nitrogen and oxygen atoms in total. The Labute approximate surface area is 236 Å². The first-order valence-electron chi connectivity index (χ1n) is 13.6. The van der Waals surface area contributed by atoms with Crippen molar-refractivity contribution in [3.05, 3.63) is 140 Å². The maximum absolute atomic E-state index is 6.43. The zero-order valence-corrected chi connectivity index (χ0v) is 22.0. The molecule has 0 unspecified atom stereocenters. The average Bonchev–Trinajstić information content (AvgIpc) is 3.42. The van der Waals surface area contributed by atoms with E-state index in [0.717, 1.165) is 49.4 Å². The predicted octanol–water partition coefficient (Wildman–Crippen LogP) is 9.59. The Morgan fingerprint density at radius 1 is 0.390 bits per heavy atom. The van der Waals surface area contributed by atoms with Crippen LogP contribution in [0.5, 0.6) is 0 Å². The molecule has 0 aliphatic rings. The molecule has 0 fully saturated rings. The van der Waals surface area contributed by atoms with Crippen molar-refractivity contribution in [2.45, 2.75) is 0 Å². The highest BCUT2D eigenvalue weighted by Gasteiger charge is 2.18. The van der Waals surface area contributed by atoms with Crippen LogP contribution >= 0.6 is 0 Å². The minimum Gasteiger partial charge on any atom is -0.456 e. The summed E-state index contributed by atoms with van der Waals surface area (Å²) in [6.07, 6.45) is 0. The molecule has 0 aliphatic carbocycles. The van der Waals surface area contributed by atoms with Gasteiger partial charge < -0.3 is 4.42 Å².